The third kappa shape index (κ3) is 3.47. The fourth-order valence-corrected chi connectivity index (χ4v) is 3.46. The lowest BCUT2D eigenvalue weighted by atomic mass is 10.0. The SMILES string of the molecule is COc1ccc2c(Oc3ccc4c(C(=O)NC5CC5)cccc4c3)ccnc2c1. The number of amides is 1. The number of nitrogens with one attached hydrogen (secondary N) is 1. The van der Waals surface area contributed by atoms with Gasteiger partial charge in [0.1, 0.15) is 17.2 Å². The number of nitrogens with zero attached hydrogens (tertiary/aromatic N) is 1. The maximum atomic E-state index is 12.5. The predicted octanol–water partition coefficient (Wildman–Crippen LogP) is 5.08. The average molecular weight is 384 g/mol. The van der Waals surface area contributed by atoms with Gasteiger partial charge < -0.3 is 14.8 Å². The van der Waals surface area contributed by atoms with E-state index in [1.807, 2.05) is 60.7 Å². The molecule has 0 atom stereocenters. The highest BCUT2D eigenvalue weighted by Gasteiger charge is 2.24. The number of rotatable bonds is 5. The lowest BCUT2D eigenvalue weighted by Gasteiger charge is -2.11. The zero-order valence-corrected chi connectivity index (χ0v) is 16.0. The number of fused-ring (bicyclic) bond motifs is 2. The number of hydrogen-bond acceptors (Lipinski definition) is 4. The van der Waals surface area contributed by atoms with Gasteiger partial charge in [-0.1, -0.05) is 12.1 Å². The molecule has 1 saturated carbocycles. The molecule has 1 fully saturated rings. The number of benzene rings is 3. The van der Waals surface area contributed by atoms with E-state index in [9.17, 15) is 4.79 Å². The fourth-order valence-electron chi connectivity index (χ4n) is 3.46. The molecule has 1 N–H and O–H groups in total. The van der Waals surface area contributed by atoms with Crippen molar-refractivity contribution in [2.45, 2.75) is 18.9 Å². The Morgan fingerprint density at radius 1 is 1.00 bits per heavy atom. The maximum absolute atomic E-state index is 12.5. The third-order valence-electron chi connectivity index (χ3n) is 5.15. The molecule has 29 heavy (non-hydrogen) atoms. The van der Waals surface area contributed by atoms with Crippen molar-refractivity contribution in [3.8, 4) is 17.2 Å². The Kier molecular flexibility index (Phi) is 4.28. The van der Waals surface area contributed by atoms with Crippen molar-refractivity contribution >= 4 is 27.6 Å². The van der Waals surface area contributed by atoms with Crippen LogP contribution in [0, 0.1) is 0 Å². The molecule has 0 aliphatic heterocycles. The quantitative estimate of drug-likeness (QED) is 0.521. The summed E-state index contributed by atoms with van der Waals surface area (Å²) < 4.78 is 11.4. The Labute approximate surface area is 168 Å². The average Bonchev–Trinajstić information content (AvgIpc) is 3.57. The molecule has 0 unspecified atom stereocenters. The number of pyridine rings is 1. The van der Waals surface area contributed by atoms with E-state index in [2.05, 4.69) is 10.3 Å². The topological polar surface area (TPSA) is 60.5 Å². The van der Waals surface area contributed by atoms with Crippen molar-refractivity contribution in [1.82, 2.24) is 10.3 Å². The van der Waals surface area contributed by atoms with E-state index in [4.69, 9.17) is 9.47 Å². The second-order valence-electron chi connectivity index (χ2n) is 7.23. The first-order valence-electron chi connectivity index (χ1n) is 9.65. The number of methoxy groups -OCH3 is 1. The first kappa shape index (κ1) is 17.5. The predicted molar refractivity (Wildman–Crippen MR) is 113 cm³/mol. The van der Waals surface area contributed by atoms with Crippen LogP contribution in [-0.4, -0.2) is 24.0 Å². The second-order valence-corrected chi connectivity index (χ2v) is 7.23. The van der Waals surface area contributed by atoms with Crippen LogP contribution in [0.15, 0.2) is 66.9 Å². The van der Waals surface area contributed by atoms with Crippen molar-refractivity contribution in [2.24, 2.45) is 0 Å². The molecule has 1 aromatic heterocycles. The van der Waals surface area contributed by atoms with Gasteiger partial charge in [-0.2, -0.15) is 0 Å². The Bertz CT molecular complexity index is 1230. The van der Waals surface area contributed by atoms with Gasteiger partial charge in [-0.05, 0) is 66.1 Å². The van der Waals surface area contributed by atoms with Crippen LogP contribution in [0.3, 0.4) is 0 Å². The first-order valence-corrected chi connectivity index (χ1v) is 9.65. The van der Waals surface area contributed by atoms with E-state index in [1.165, 1.54) is 0 Å². The van der Waals surface area contributed by atoms with E-state index < -0.39 is 0 Å². The first-order chi connectivity index (χ1) is 14.2. The van der Waals surface area contributed by atoms with Gasteiger partial charge in [0.15, 0.2) is 0 Å². The monoisotopic (exact) mass is 384 g/mol. The fraction of sp³-hybridized carbons (Fsp3) is 0.167. The number of aromatic nitrogens is 1. The van der Waals surface area contributed by atoms with Gasteiger partial charge in [0.05, 0.1) is 12.6 Å². The minimum Gasteiger partial charge on any atom is -0.497 e. The van der Waals surface area contributed by atoms with Gasteiger partial charge in [0.2, 0.25) is 0 Å². The largest absolute Gasteiger partial charge is 0.497 e. The summed E-state index contributed by atoms with van der Waals surface area (Å²) in [4.78, 5) is 16.9. The molecular weight excluding hydrogens is 364 g/mol. The molecule has 1 aliphatic carbocycles. The van der Waals surface area contributed by atoms with E-state index in [-0.39, 0.29) is 5.91 Å². The van der Waals surface area contributed by atoms with E-state index in [0.717, 1.165) is 46.0 Å². The molecule has 5 rings (SSSR count). The molecule has 0 saturated heterocycles. The molecule has 1 amide bonds. The number of carbonyl (C=O) groups excluding carboxylic acids is 1. The zero-order valence-electron chi connectivity index (χ0n) is 16.0. The summed E-state index contributed by atoms with van der Waals surface area (Å²) in [5.41, 5.74) is 1.50. The molecule has 5 heteroatoms. The lowest BCUT2D eigenvalue weighted by Crippen LogP contribution is -2.25. The van der Waals surface area contributed by atoms with Gasteiger partial charge >= 0.3 is 0 Å². The standard InChI is InChI=1S/C24H20N2O3/c1-28-17-7-10-21-22(14-17)25-12-11-23(21)29-18-8-9-19-15(13-18)3-2-4-20(19)24(27)26-16-5-6-16/h2-4,7-14,16H,5-6H2,1H3,(H,26,27). The minimum atomic E-state index is -0.0131. The van der Waals surface area contributed by atoms with Gasteiger partial charge in [-0.25, -0.2) is 0 Å². The summed E-state index contributed by atoms with van der Waals surface area (Å²) in [6.07, 6.45) is 3.86. The number of ether oxygens (including phenoxy) is 2. The lowest BCUT2D eigenvalue weighted by molar-refractivity contribution is 0.0952. The third-order valence-corrected chi connectivity index (χ3v) is 5.15. The molecule has 3 aromatic carbocycles. The molecule has 1 heterocycles. The highest BCUT2D eigenvalue weighted by atomic mass is 16.5. The van der Waals surface area contributed by atoms with Crippen LogP contribution >= 0.6 is 0 Å². The summed E-state index contributed by atoms with van der Waals surface area (Å²) in [5.74, 6) is 2.17. The Morgan fingerprint density at radius 2 is 1.83 bits per heavy atom. The van der Waals surface area contributed by atoms with Crippen molar-refractivity contribution < 1.29 is 14.3 Å². The molecule has 5 nitrogen and oxygen atoms in total. The van der Waals surface area contributed by atoms with Crippen LogP contribution < -0.4 is 14.8 Å². The Morgan fingerprint density at radius 3 is 2.66 bits per heavy atom. The highest BCUT2D eigenvalue weighted by molar-refractivity contribution is 6.07. The summed E-state index contributed by atoms with van der Waals surface area (Å²) in [6, 6.07) is 19.5. The van der Waals surface area contributed by atoms with Crippen LogP contribution in [0.2, 0.25) is 0 Å². The smallest absolute Gasteiger partial charge is 0.252 e. The van der Waals surface area contributed by atoms with Gasteiger partial charge in [-0.15, -0.1) is 0 Å². The molecule has 4 aromatic rings. The Balaban J connectivity index is 1.48. The molecule has 0 radical (unpaired) electrons. The summed E-state index contributed by atoms with van der Waals surface area (Å²) in [6.45, 7) is 0. The molecule has 0 spiro atoms. The Hall–Kier alpha value is -3.60. The molecule has 1 aliphatic rings. The highest BCUT2D eigenvalue weighted by Crippen LogP contribution is 2.33. The number of hydrogen-bond donors (Lipinski definition) is 1. The van der Waals surface area contributed by atoms with Crippen LogP contribution in [-0.2, 0) is 0 Å². The van der Waals surface area contributed by atoms with Crippen LogP contribution in [0.1, 0.15) is 23.2 Å². The molecule has 144 valence electrons. The maximum Gasteiger partial charge on any atom is 0.252 e. The van der Waals surface area contributed by atoms with Crippen LogP contribution in [0.4, 0.5) is 0 Å². The van der Waals surface area contributed by atoms with Crippen molar-refractivity contribution in [3.63, 3.8) is 0 Å². The van der Waals surface area contributed by atoms with Gasteiger partial charge in [0.25, 0.3) is 5.91 Å². The van der Waals surface area contributed by atoms with Crippen molar-refractivity contribution in [1.29, 1.82) is 0 Å². The zero-order chi connectivity index (χ0) is 19.8. The summed E-state index contributed by atoms with van der Waals surface area (Å²) in [7, 11) is 1.63. The van der Waals surface area contributed by atoms with Gasteiger partial charge in [0, 0.05) is 29.3 Å². The molecular formula is C24H20N2O3. The summed E-state index contributed by atoms with van der Waals surface area (Å²) in [5, 5.41) is 5.85. The van der Waals surface area contributed by atoms with E-state index >= 15 is 0 Å². The van der Waals surface area contributed by atoms with E-state index in [1.54, 1.807) is 13.3 Å². The van der Waals surface area contributed by atoms with Crippen molar-refractivity contribution in [2.75, 3.05) is 7.11 Å². The minimum absolute atomic E-state index is 0.0131. The van der Waals surface area contributed by atoms with Crippen LogP contribution in [0.25, 0.3) is 21.7 Å². The number of carbonyl (C=O) groups is 1. The van der Waals surface area contributed by atoms with Gasteiger partial charge in [-0.3, -0.25) is 9.78 Å². The second kappa shape index (κ2) is 7.09. The summed E-state index contributed by atoms with van der Waals surface area (Å²) >= 11 is 0. The van der Waals surface area contributed by atoms with Crippen LogP contribution in [0.5, 0.6) is 17.2 Å². The molecule has 0 bridgehead atoms. The van der Waals surface area contributed by atoms with E-state index in [0.29, 0.717) is 17.4 Å². The normalized spacial score (nSPS) is 13.4. The van der Waals surface area contributed by atoms with Crippen molar-refractivity contribution in [3.05, 3.63) is 72.4 Å².